The van der Waals surface area contributed by atoms with Crippen molar-refractivity contribution in [1.82, 2.24) is 19.4 Å². The van der Waals surface area contributed by atoms with Crippen molar-refractivity contribution < 1.29 is 9.53 Å². The zero-order valence-corrected chi connectivity index (χ0v) is 14.7. The monoisotopic (exact) mass is 342 g/mol. The van der Waals surface area contributed by atoms with Crippen LogP contribution < -0.4 is 10.3 Å². The third kappa shape index (κ3) is 3.87. The first-order chi connectivity index (χ1) is 11.9. The first kappa shape index (κ1) is 17.1. The lowest BCUT2D eigenvalue weighted by atomic mass is 10.1. The van der Waals surface area contributed by atoms with Crippen molar-refractivity contribution in [3.8, 4) is 5.88 Å². The van der Waals surface area contributed by atoms with E-state index in [1.165, 1.54) is 4.57 Å². The van der Waals surface area contributed by atoms with E-state index in [-0.39, 0.29) is 23.1 Å². The number of carbonyl (C=O) groups excluding carboxylic acids is 1. The summed E-state index contributed by atoms with van der Waals surface area (Å²) in [6.07, 6.45) is 3.07. The lowest BCUT2D eigenvalue weighted by molar-refractivity contribution is 0.0585. The van der Waals surface area contributed by atoms with Crippen LogP contribution in [0.5, 0.6) is 5.88 Å². The zero-order chi connectivity index (χ0) is 18.0. The third-order valence-electron chi connectivity index (χ3n) is 4.31. The number of likely N-dealkylation sites (tertiary alicyclic amines) is 1. The highest BCUT2D eigenvalue weighted by molar-refractivity contribution is 5.93. The number of nitrogens with zero attached hydrogens (tertiary/aromatic N) is 4. The molecular formula is C18H22N4O3. The average molecular weight is 342 g/mol. The van der Waals surface area contributed by atoms with Crippen LogP contribution >= 0.6 is 0 Å². The lowest BCUT2D eigenvalue weighted by Crippen LogP contribution is -2.43. The zero-order valence-electron chi connectivity index (χ0n) is 14.7. The van der Waals surface area contributed by atoms with Gasteiger partial charge in [0.05, 0.1) is 0 Å². The molecule has 0 bridgehead atoms. The summed E-state index contributed by atoms with van der Waals surface area (Å²) in [5.74, 6) is 1.04. The maximum Gasteiger partial charge on any atom is 0.263 e. The molecule has 2 aromatic heterocycles. The molecule has 3 rings (SSSR count). The number of ether oxygens (including phenoxy) is 1. The topological polar surface area (TPSA) is 77.3 Å². The maximum atomic E-state index is 12.6. The molecular weight excluding hydrogens is 320 g/mol. The van der Waals surface area contributed by atoms with Crippen molar-refractivity contribution in [3.63, 3.8) is 0 Å². The van der Waals surface area contributed by atoms with Crippen LogP contribution in [0.25, 0.3) is 0 Å². The fraction of sp³-hybridized carbons (Fsp3) is 0.444. The van der Waals surface area contributed by atoms with E-state index in [9.17, 15) is 9.59 Å². The molecule has 2 aromatic rings. The Hall–Kier alpha value is -2.70. The molecule has 1 saturated heterocycles. The largest absolute Gasteiger partial charge is 0.474 e. The summed E-state index contributed by atoms with van der Waals surface area (Å²) in [5.41, 5.74) is 0.819. The Kier molecular flexibility index (Phi) is 4.83. The van der Waals surface area contributed by atoms with Gasteiger partial charge >= 0.3 is 0 Å². The highest BCUT2D eigenvalue weighted by Crippen LogP contribution is 2.19. The van der Waals surface area contributed by atoms with Gasteiger partial charge < -0.3 is 14.2 Å². The van der Waals surface area contributed by atoms with Crippen LogP contribution in [0.4, 0.5) is 0 Å². The Bertz CT molecular complexity index is 818. The number of amides is 1. The van der Waals surface area contributed by atoms with Crippen LogP contribution in [0.1, 0.15) is 34.7 Å². The number of pyridine rings is 1. The summed E-state index contributed by atoms with van der Waals surface area (Å²) in [7, 11) is 1.64. The van der Waals surface area contributed by atoms with Crippen LogP contribution in [0, 0.1) is 13.8 Å². The second-order valence-corrected chi connectivity index (χ2v) is 6.34. The summed E-state index contributed by atoms with van der Waals surface area (Å²) in [5, 5.41) is 0. The van der Waals surface area contributed by atoms with Gasteiger partial charge in [-0.15, -0.1) is 0 Å². The number of rotatable bonds is 3. The van der Waals surface area contributed by atoms with Gasteiger partial charge in [-0.2, -0.15) is 4.98 Å². The number of aromatic nitrogens is 3. The minimum Gasteiger partial charge on any atom is -0.474 e. The van der Waals surface area contributed by atoms with Crippen molar-refractivity contribution in [3.05, 3.63) is 51.8 Å². The van der Waals surface area contributed by atoms with Gasteiger partial charge in [-0.05, 0) is 26.0 Å². The van der Waals surface area contributed by atoms with Crippen molar-refractivity contribution in [2.75, 3.05) is 13.1 Å². The minimum absolute atomic E-state index is 0.0105. The lowest BCUT2D eigenvalue weighted by Gasteiger charge is -2.31. The molecule has 1 aliphatic rings. The summed E-state index contributed by atoms with van der Waals surface area (Å²) >= 11 is 0. The van der Waals surface area contributed by atoms with E-state index >= 15 is 0 Å². The number of hydrogen-bond donors (Lipinski definition) is 0. The highest BCUT2D eigenvalue weighted by atomic mass is 16.5. The third-order valence-corrected chi connectivity index (χ3v) is 4.31. The van der Waals surface area contributed by atoms with Gasteiger partial charge in [0.1, 0.15) is 17.5 Å². The first-order valence-electron chi connectivity index (χ1n) is 8.38. The summed E-state index contributed by atoms with van der Waals surface area (Å²) in [6, 6.07) is 5.11. The van der Waals surface area contributed by atoms with E-state index in [0.717, 1.165) is 5.69 Å². The second-order valence-electron chi connectivity index (χ2n) is 6.34. The van der Waals surface area contributed by atoms with E-state index in [4.69, 9.17) is 4.74 Å². The number of carbonyl (C=O) groups is 1. The number of aryl methyl sites for hydroxylation is 3. The molecule has 0 atom stereocenters. The quantitative estimate of drug-likeness (QED) is 0.844. The smallest absolute Gasteiger partial charge is 0.263 e. The van der Waals surface area contributed by atoms with Gasteiger partial charge in [0.25, 0.3) is 11.5 Å². The Morgan fingerprint density at radius 1 is 1.24 bits per heavy atom. The minimum atomic E-state index is -0.266. The molecule has 1 aliphatic heterocycles. The summed E-state index contributed by atoms with van der Waals surface area (Å²) in [6.45, 7) is 4.86. The molecule has 132 valence electrons. The van der Waals surface area contributed by atoms with E-state index in [0.29, 0.717) is 37.6 Å². The predicted octanol–water partition coefficient (Wildman–Crippen LogP) is 1.48. The fourth-order valence-corrected chi connectivity index (χ4v) is 3.02. The number of piperidine rings is 1. The Morgan fingerprint density at radius 2 is 1.96 bits per heavy atom. The normalized spacial score (nSPS) is 15.2. The number of hydrogen-bond acceptors (Lipinski definition) is 5. The molecule has 0 unspecified atom stereocenters. The molecule has 7 nitrogen and oxygen atoms in total. The molecule has 1 amide bonds. The van der Waals surface area contributed by atoms with Crippen molar-refractivity contribution in [1.29, 1.82) is 0 Å². The predicted molar refractivity (Wildman–Crippen MR) is 92.7 cm³/mol. The van der Waals surface area contributed by atoms with Crippen molar-refractivity contribution >= 4 is 5.91 Å². The SMILES string of the molecule is Cc1cc(OC2CCN(C(=O)c3cccn(C)c3=O)CC2)nc(C)n1. The van der Waals surface area contributed by atoms with E-state index in [1.54, 1.807) is 30.3 Å². The molecule has 0 radical (unpaired) electrons. The van der Waals surface area contributed by atoms with Crippen LogP contribution in [0.15, 0.2) is 29.2 Å². The second kappa shape index (κ2) is 7.04. The van der Waals surface area contributed by atoms with Gasteiger partial charge in [0, 0.05) is 50.9 Å². The molecule has 0 saturated carbocycles. The molecule has 0 aliphatic carbocycles. The van der Waals surface area contributed by atoms with Crippen LogP contribution in [0.3, 0.4) is 0 Å². The van der Waals surface area contributed by atoms with E-state index < -0.39 is 0 Å². The fourth-order valence-electron chi connectivity index (χ4n) is 3.02. The van der Waals surface area contributed by atoms with Gasteiger partial charge in [-0.1, -0.05) is 0 Å². The Labute approximate surface area is 146 Å². The van der Waals surface area contributed by atoms with E-state index in [1.807, 2.05) is 19.9 Å². The van der Waals surface area contributed by atoms with Crippen molar-refractivity contribution in [2.24, 2.45) is 7.05 Å². The first-order valence-corrected chi connectivity index (χ1v) is 8.38. The van der Waals surface area contributed by atoms with Gasteiger partial charge in [0.15, 0.2) is 0 Å². The molecule has 0 aromatic carbocycles. The molecule has 1 fully saturated rings. The summed E-state index contributed by atoms with van der Waals surface area (Å²) < 4.78 is 7.36. The van der Waals surface area contributed by atoms with Gasteiger partial charge in [0.2, 0.25) is 5.88 Å². The van der Waals surface area contributed by atoms with Crippen LogP contribution in [-0.4, -0.2) is 44.5 Å². The van der Waals surface area contributed by atoms with Crippen molar-refractivity contribution in [2.45, 2.75) is 32.8 Å². The molecule has 25 heavy (non-hydrogen) atoms. The Morgan fingerprint density at radius 3 is 2.64 bits per heavy atom. The summed E-state index contributed by atoms with van der Waals surface area (Å²) in [4.78, 5) is 34.9. The molecule has 0 spiro atoms. The van der Waals surface area contributed by atoms with Gasteiger partial charge in [-0.25, -0.2) is 4.98 Å². The molecule has 7 heteroatoms. The molecule has 0 N–H and O–H groups in total. The van der Waals surface area contributed by atoms with Crippen LogP contribution in [-0.2, 0) is 7.05 Å². The maximum absolute atomic E-state index is 12.6. The van der Waals surface area contributed by atoms with Crippen LogP contribution in [0.2, 0.25) is 0 Å². The highest BCUT2D eigenvalue weighted by Gasteiger charge is 2.26. The Balaban J connectivity index is 1.62. The standard InChI is InChI=1S/C18H22N4O3/c1-12-11-16(20-13(2)19-12)25-14-6-9-22(10-7-14)18(24)15-5-4-8-21(3)17(15)23/h4-5,8,11,14H,6-7,9-10H2,1-3H3. The van der Waals surface area contributed by atoms with E-state index in [2.05, 4.69) is 9.97 Å². The van der Waals surface area contributed by atoms with Gasteiger partial charge in [-0.3, -0.25) is 9.59 Å². The average Bonchev–Trinajstić information content (AvgIpc) is 2.56. The molecule has 3 heterocycles.